The number of hydrogen-bond acceptors (Lipinski definition) is 4. The molecule has 0 atom stereocenters. The number of fused-ring (bicyclic) bond motifs is 1. The number of thiophene rings is 1. The highest BCUT2D eigenvalue weighted by atomic mass is 32.1. The lowest BCUT2D eigenvalue weighted by atomic mass is 9.98. The van der Waals surface area contributed by atoms with Crippen LogP contribution < -0.4 is 5.32 Å². The van der Waals surface area contributed by atoms with Gasteiger partial charge in [-0.15, -0.1) is 11.3 Å². The highest BCUT2D eigenvalue weighted by molar-refractivity contribution is 7.15. The molecule has 0 fully saturated rings. The van der Waals surface area contributed by atoms with Crippen molar-refractivity contribution >= 4 is 33.1 Å². The molecule has 194 valence electrons. The Hall–Kier alpha value is -4.27. The molecule has 0 spiro atoms. The zero-order chi connectivity index (χ0) is 27.5. The van der Waals surface area contributed by atoms with Crippen LogP contribution in [0, 0.1) is 17.2 Å². The van der Waals surface area contributed by atoms with E-state index in [-0.39, 0.29) is 5.91 Å². The van der Waals surface area contributed by atoms with Gasteiger partial charge in [0.2, 0.25) is 0 Å². The lowest BCUT2D eigenvalue weighted by molar-refractivity contribution is 0.102. The van der Waals surface area contributed by atoms with Crippen LogP contribution in [0.1, 0.15) is 60.7 Å². The first-order chi connectivity index (χ1) is 18.8. The van der Waals surface area contributed by atoms with E-state index in [1.807, 2.05) is 47.8 Å². The summed E-state index contributed by atoms with van der Waals surface area (Å²) in [5, 5.41) is 16.3. The Balaban J connectivity index is 1.48. The normalized spacial score (nSPS) is 11.2. The molecule has 0 unspecified atom stereocenters. The molecule has 4 nitrogen and oxygen atoms in total. The number of para-hydroxylation sites is 1. The number of nitrogens with zero attached hydrogens (tertiary/aromatic N) is 2. The quantitative estimate of drug-likeness (QED) is 0.229. The molecule has 0 aliphatic carbocycles. The minimum atomic E-state index is -0.258. The van der Waals surface area contributed by atoms with Gasteiger partial charge in [-0.05, 0) is 47.1 Å². The summed E-state index contributed by atoms with van der Waals surface area (Å²) in [7, 11) is 0. The summed E-state index contributed by atoms with van der Waals surface area (Å²) in [5.74, 6) is 0.761. The van der Waals surface area contributed by atoms with Gasteiger partial charge in [0.25, 0.3) is 5.91 Å². The number of carbonyl (C=O) groups is 1. The first-order valence-electron chi connectivity index (χ1n) is 13.3. The Morgan fingerprint density at radius 2 is 1.64 bits per heavy atom. The number of amides is 1. The molecule has 5 aromatic rings. The van der Waals surface area contributed by atoms with E-state index in [0.717, 1.165) is 39.7 Å². The molecular formula is C34H31N3OS. The summed E-state index contributed by atoms with van der Waals surface area (Å²) in [6.45, 7) is 8.73. The number of carbonyl (C=O) groups excluding carboxylic acids is 1. The van der Waals surface area contributed by atoms with Crippen molar-refractivity contribution in [2.24, 2.45) is 5.92 Å². The predicted molar refractivity (Wildman–Crippen MR) is 162 cm³/mol. The van der Waals surface area contributed by atoms with Crippen LogP contribution in [0.25, 0.3) is 33.3 Å². The molecule has 0 radical (unpaired) electrons. The van der Waals surface area contributed by atoms with Crippen LogP contribution in [-0.2, 0) is 6.42 Å². The molecule has 2 aromatic heterocycles. The van der Waals surface area contributed by atoms with E-state index in [2.05, 4.69) is 75.5 Å². The fourth-order valence-corrected chi connectivity index (χ4v) is 5.70. The zero-order valence-electron chi connectivity index (χ0n) is 22.7. The van der Waals surface area contributed by atoms with E-state index < -0.39 is 0 Å². The van der Waals surface area contributed by atoms with Crippen molar-refractivity contribution < 1.29 is 4.79 Å². The highest BCUT2D eigenvalue weighted by Gasteiger charge is 2.19. The van der Waals surface area contributed by atoms with Crippen molar-refractivity contribution in [1.29, 1.82) is 5.26 Å². The van der Waals surface area contributed by atoms with Crippen LogP contribution in [-0.4, -0.2) is 10.9 Å². The maximum atomic E-state index is 13.7. The SMILES string of the molecule is CC(C)Cc1ccc(-c2cc(C(=O)Nc3scc(-c4ccc(C(C)C)cc4)c3C#N)c3ccccc3n2)cc1. The molecule has 0 aliphatic heterocycles. The average molecular weight is 530 g/mol. The minimum Gasteiger partial charge on any atom is -0.312 e. The Kier molecular flexibility index (Phi) is 7.58. The van der Waals surface area contributed by atoms with Gasteiger partial charge in [0, 0.05) is 21.9 Å². The van der Waals surface area contributed by atoms with E-state index in [9.17, 15) is 10.1 Å². The summed E-state index contributed by atoms with van der Waals surface area (Å²) in [4.78, 5) is 18.5. The number of nitrogens with one attached hydrogen (secondary N) is 1. The third kappa shape index (κ3) is 5.62. The van der Waals surface area contributed by atoms with Crippen molar-refractivity contribution in [3.8, 4) is 28.5 Å². The van der Waals surface area contributed by atoms with Gasteiger partial charge in [-0.1, -0.05) is 94.4 Å². The van der Waals surface area contributed by atoms with Crippen LogP contribution >= 0.6 is 11.3 Å². The Morgan fingerprint density at radius 1 is 0.949 bits per heavy atom. The number of hydrogen-bond donors (Lipinski definition) is 1. The van der Waals surface area contributed by atoms with Crippen LogP contribution in [0.5, 0.6) is 0 Å². The second-order valence-electron chi connectivity index (χ2n) is 10.6. The standard InChI is InChI=1S/C34H31N3OS/c1-21(2)17-23-9-11-26(12-10-23)32-18-28(27-7-5-6-8-31(27)36-32)33(38)37-34-29(19-35)30(20-39-34)25-15-13-24(14-16-25)22(3)4/h5-16,18,20-22H,17H2,1-4H3,(H,37,38). The fourth-order valence-electron chi connectivity index (χ4n) is 4.79. The molecule has 0 aliphatic rings. The summed E-state index contributed by atoms with van der Waals surface area (Å²) in [6.07, 6.45) is 1.02. The highest BCUT2D eigenvalue weighted by Crippen LogP contribution is 2.36. The summed E-state index contributed by atoms with van der Waals surface area (Å²) in [5.41, 5.74) is 7.78. The summed E-state index contributed by atoms with van der Waals surface area (Å²) >= 11 is 1.37. The van der Waals surface area contributed by atoms with Gasteiger partial charge >= 0.3 is 0 Å². The topological polar surface area (TPSA) is 65.8 Å². The molecule has 0 saturated heterocycles. The second-order valence-corrected chi connectivity index (χ2v) is 11.4. The maximum absolute atomic E-state index is 13.7. The molecule has 1 N–H and O–H groups in total. The third-order valence-corrected chi connectivity index (χ3v) is 7.77. The van der Waals surface area contributed by atoms with Crippen molar-refractivity contribution in [1.82, 2.24) is 4.98 Å². The van der Waals surface area contributed by atoms with E-state index in [4.69, 9.17) is 4.98 Å². The molecule has 2 heterocycles. The van der Waals surface area contributed by atoms with Gasteiger partial charge in [0.05, 0.1) is 22.3 Å². The third-order valence-electron chi connectivity index (χ3n) is 6.87. The number of anilines is 1. The number of nitriles is 1. The lowest BCUT2D eigenvalue weighted by Gasteiger charge is -2.11. The van der Waals surface area contributed by atoms with E-state index in [0.29, 0.717) is 28.0 Å². The molecule has 0 saturated carbocycles. The Bertz CT molecular complexity index is 1670. The minimum absolute atomic E-state index is 0.258. The number of rotatable bonds is 7. The van der Waals surface area contributed by atoms with Crippen LogP contribution in [0.2, 0.25) is 0 Å². The van der Waals surface area contributed by atoms with Gasteiger partial charge in [-0.3, -0.25) is 4.79 Å². The van der Waals surface area contributed by atoms with E-state index >= 15 is 0 Å². The van der Waals surface area contributed by atoms with Crippen LogP contribution in [0.3, 0.4) is 0 Å². The van der Waals surface area contributed by atoms with Crippen molar-refractivity contribution in [2.75, 3.05) is 5.32 Å². The molecule has 0 bridgehead atoms. The summed E-state index contributed by atoms with van der Waals surface area (Å²) < 4.78 is 0. The average Bonchev–Trinajstić information content (AvgIpc) is 3.34. The molecule has 39 heavy (non-hydrogen) atoms. The molecule has 3 aromatic carbocycles. The number of aromatic nitrogens is 1. The smallest absolute Gasteiger partial charge is 0.257 e. The van der Waals surface area contributed by atoms with Crippen LogP contribution in [0.15, 0.2) is 84.2 Å². The molecule has 5 rings (SSSR count). The Labute approximate surface area is 234 Å². The van der Waals surface area contributed by atoms with Gasteiger partial charge in [0.1, 0.15) is 11.1 Å². The Morgan fingerprint density at radius 3 is 2.31 bits per heavy atom. The van der Waals surface area contributed by atoms with E-state index in [1.54, 1.807) is 0 Å². The molecule has 5 heteroatoms. The molecular weight excluding hydrogens is 498 g/mol. The number of pyridine rings is 1. The monoisotopic (exact) mass is 529 g/mol. The maximum Gasteiger partial charge on any atom is 0.257 e. The zero-order valence-corrected chi connectivity index (χ0v) is 23.5. The van der Waals surface area contributed by atoms with E-state index in [1.165, 1.54) is 22.5 Å². The van der Waals surface area contributed by atoms with Gasteiger partial charge < -0.3 is 5.32 Å². The largest absolute Gasteiger partial charge is 0.312 e. The first kappa shape index (κ1) is 26.3. The summed E-state index contributed by atoms with van der Waals surface area (Å²) in [6, 6.07) is 28.5. The van der Waals surface area contributed by atoms with Gasteiger partial charge in [-0.2, -0.15) is 5.26 Å². The fraction of sp³-hybridized carbons (Fsp3) is 0.206. The van der Waals surface area contributed by atoms with Gasteiger partial charge in [0.15, 0.2) is 0 Å². The molecule has 1 amide bonds. The number of benzene rings is 3. The van der Waals surface area contributed by atoms with Crippen molar-refractivity contribution in [3.63, 3.8) is 0 Å². The lowest BCUT2D eigenvalue weighted by Crippen LogP contribution is -2.13. The van der Waals surface area contributed by atoms with Crippen molar-refractivity contribution in [2.45, 2.75) is 40.0 Å². The second kappa shape index (κ2) is 11.2. The first-order valence-corrected chi connectivity index (χ1v) is 14.1. The van der Waals surface area contributed by atoms with Crippen LogP contribution in [0.4, 0.5) is 5.00 Å². The van der Waals surface area contributed by atoms with Gasteiger partial charge in [-0.25, -0.2) is 4.98 Å². The van der Waals surface area contributed by atoms with Crippen molar-refractivity contribution in [3.05, 3.63) is 106 Å². The predicted octanol–water partition coefficient (Wildman–Crippen LogP) is 9.08.